The maximum Gasteiger partial charge on any atom is 0.142 e. The van der Waals surface area contributed by atoms with Gasteiger partial charge in [-0.25, -0.2) is 0 Å². The van der Waals surface area contributed by atoms with Gasteiger partial charge in [-0.2, -0.15) is 0 Å². The molecule has 1 N–H and O–H groups in total. The zero-order valence-corrected chi connectivity index (χ0v) is 20.7. The van der Waals surface area contributed by atoms with Crippen LogP contribution in [0.15, 0.2) is 35.9 Å². The molecule has 3 rings (SSSR count). The monoisotopic (exact) mass is 425 g/mol. The molecule has 0 spiro atoms. The van der Waals surface area contributed by atoms with E-state index in [1.807, 2.05) is 20.9 Å². The maximum absolute atomic E-state index is 9.54. The number of anilines is 1. The highest BCUT2D eigenvalue weighted by Gasteiger charge is 2.31. The van der Waals surface area contributed by atoms with E-state index in [9.17, 15) is 4.79 Å². The van der Waals surface area contributed by atoms with E-state index in [4.69, 9.17) is 0 Å². The topological polar surface area (TPSA) is 29.1 Å². The minimum absolute atomic E-state index is 0.787. The van der Waals surface area contributed by atoms with Crippen LogP contribution >= 0.6 is 0 Å². The number of nitrogens with one attached hydrogen (secondary N) is 1. The quantitative estimate of drug-likeness (QED) is 0.257. The first-order valence-corrected chi connectivity index (χ1v) is 12.9. The van der Waals surface area contributed by atoms with Gasteiger partial charge in [-0.1, -0.05) is 63.2 Å². The number of aldehydes is 1. The fourth-order valence-electron chi connectivity index (χ4n) is 5.61. The zero-order chi connectivity index (χ0) is 22.5. The van der Waals surface area contributed by atoms with Crippen LogP contribution in [0.5, 0.6) is 0 Å². The molecule has 1 aromatic rings. The van der Waals surface area contributed by atoms with Crippen LogP contribution in [0.3, 0.4) is 0 Å². The molecule has 31 heavy (non-hydrogen) atoms. The molecule has 0 aromatic heterocycles. The lowest BCUT2D eigenvalue weighted by atomic mass is 9.68. The SMILES string of the molecule is CC(C)=CC=O.CCCCCC1CCC(C2CCC(c3ccc(NC)cc3)CC2)CC1. The summed E-state index contributed by atoms with van der Waals surface area (Å²) in [5, 5.41) is 3.23. The van der Waals surface area contributed by atoms with Gasteiger partial charge in [0.05, 0.1) is 0 Å². The third-order valence-corrected chi connectivity index (χ3v) is 7.62. The van der Waals surface area contributed by atoms with Crippen molar-refractivity contribution in [2.75, 3.05) is 12.4 Å². The van der Waals surface area contributed by atoms with Gasteiger partial charge < -0.3 is 5.32 Å². The van der Waals surface area contributed by atoms with E-state index in [0.717, 1.165) is 35.5 Å². The lowest BCUT2D eigenvalue weighted by Crippen LogP contribution is -2.25. The van der Waals surface area contributed by atoms with E-state index in [2.05, 4.69) is 36.5 Å². The highest BCUT2D eigenvalue weighted by Crippen LogP contribution is 2.44. The molecule has 2 heteroatoms. The first kappa shape index (κ1) is 25.7. The van der Waals surface area contributed by atoms with Crippen molar-refractivity contribution in [3.05, 3.63) is 41.5 Å². The molecule has 0 radical (unpaired) electrons. The van der Waals surface area contributed by atoms with Crippen molar-refractivity contribution in [3.63, 3.8) is 0 Å². The molecule has 0 unspecified atom stereocenters. The van der Waals surface area contributed by atoms with Crippen molar-refractivity contribution in [2.45, 2.75) is 104 Å². The standard InChI is InChI=1S/C24H39N.C5H8O/c1-3-4-5-6-19-7-9-20(10-8-19)21-11-13-22(14-12-21)23-15-17-24(25-2)18-16-23;1-5(2)3-4-6/h15-22,25H,3-14H2,1-2H3;3-4H,1-2H3. The number of hydrogen-bond donors (Lipinski definition) is 1. The van der Waals surface area contributed by atoms with Crippen LogP contribution in [0.1, 0.15) is 109 Å². The molecule has 2 aliphatic carbocycles. The fourth-order valence-corrected chi connectivity index (χ4v) is 5.61. The van der Waals surface area contributed by atoms with Crippen LogP contribution in [0, 0.1) is 17.8 Å². The van der Waals surface area contributed by atoms with Gasteiger partial charge in [-0.3, -0.25) is 4.79 Å². The summed E-state index contributed by atoms with van der Waals surface area (Å²) < 4.78 is 0. The highest BCUT2D eigenvalue weighted by molar-refractivity contribution is 5.65. The predicted molar refractivity (Wildman–Crippen MR) is 136 cm³/mol. The molecule has 2 saturated carbocycles. The summed E-state index contributed by atoms with van der Waals surface area (Å²) >= 11 is 0. The zero-order valence-electron chi connectivity index (χ0n) is 20.7. The van der Waals surface area contributed by atoms with Crippen molar-refractivity contribution in [2.24, 2.45) is 17.8 Å². The highest BCUT2D eigenvalue weighted by atomic mass is 16.1. The molecule has 0 amide bonds. The van der Waals surface area contributed by atoms with Gasteiger partial charge in [0.2, 0.25) is 0 Å². The van der Waals surface area contributed by atoms with E-state index >= 15 is 0 Å². The van der Waals surface area contributed by atoms with Gasteiger partial charge >= 0.3 is 0 Å². The van der Waals surface area contributed by atoms with Crippen LogP contribution in [0.2, 0.25) is 0 Å². The molecule has 0 aliphatic heterocycles. The van der Waals surface area contributed by atoms with Crippen LogP contribution < -0.4 is 5.32 Å². The van der Waals surface area contributed by atoms with Crippen molar-refractivity contribution in [1.82, 2.24) is 0 Å². The summed E-state index contributed by atoms with van der Waals surface area (Å²) in [6.07, 6.45) is 20.0. The Kier molecular flexibility index (Phi) is 12.0. The van der Waals surface area contributed by atoms with Crippen molar-refractivity contribution in [3.8, 4) is 0 Å². The van der Waals surface area contributed by atoms with E-state index in [1.54, 1.807) is 5.56 Å². The maximum atomic E-state index is 9.54. The van der Waals surface area contributed by atoms with Gasteiger partial charge in [0.1, 0.15) is 6.29 Å². The van der Waals surface area contributed by atoms with Crippen LogP contribution in [0.4, 0.5) is 5.69 Å². The van der Waals surface area contributed by atoms with E-state index in [-0.39, 0.29) is 0 Å². The summed E-state index contributed by atoms with van der Waals surface area (Å²) in [6.45, 7) is 6.09. The van der Waals surface area contributed by atoms with Gasteiger partial charge in [0.25, 0.3) is 0 Å². The molecular formula is C29H47NO. The minimum atomic E-state index is 0.787. The van der Waals surface area contributed by atoms with E-state index < -0.39 is 0 Å². The Labute approximate surface area is 192 Å². The largest absolute Gasteiger partial charge is 0.388 e. The Morgan fingerprint density at radius 2 is 1.48 bits per heavy atom. The molecule has 2 nitrogen and oxygen atoms in total. The Morgan fingerprint density at radius 3 is 1.94 bits per heavy atom. The molecule has 2 fully saturated rings. The molecule has 0 atom stereocenters. The lowest BCUT2D eigenvalue weighted by molar-refractivity contribution is -0.104. The molecule has 0 bridgehead atoms. The van der Waals surface area contributed by atoms with Gasteiger partial charge in [-0.05, 0) is 99.8 Å². The van der Waals surface area contributed by atoms with Crippen LogP contribution in [-0.4, -0.2) is 13.3 Å². The molecule has 2 aliphatic rings. The number of benzene rings is 1. The summed E-state index contributed by atoms with van der Waals surface area (Å²) in [7, 11) is 2.00. The summed E-state index contributed by atoms with van der Waals surface area (Å²) in [5.41, 5.74) is 3.84. The summed E-state index contributed by atoms with van der Waals surface area (Å²) in [6, 6.07) is 9.17. The summed E-state index contributed by atoms with van der Waals surface area (Å²) in [5.74, 6) is 3.96. The van der Waals surface area contributed by atoms with Crippen molar-refractivity contribution in [1.29, 1.82) is 0 Å². The molecular weight excluding hydrogens is 378 g/mol. The first-order chi connectivity index (χ1) is 15.1. The number of carbonyl (C=O) groups is 1. The van der Waals surface area contributed by atoms with Crippen LogP contribution in [0.25, 0.3) is 0 Å². The number of unbranched alkanes of at least 4 members (excludes halogenated alkanes) is 2. The van der Waals surface area contributed by atoms with Crippen molar-refractivity contribution >= 4 is 12.0 Å². The second kappa shape index (κ2) is 14.5. The predicted octanol–water partition coefficient (Wildman–Crippen LogP) is 8.54. The third kappa shape index (κ3) is 9.21. The van der Waals surface area contributed by atoms with E-state index in [0.29, 0.717) is 0 Å². The lowest BCUT2D eigenvalue weighted by Gasteiger charge is -2.38. The van der Waals surface area contributed by atoms with Crippen LogP contribution in [-0.2, 0) is 4.79 Å². The Hall–Kier alpha value is -1.57. The Morgan fingerprint density at radius 1 is 0.903 bits per heavy atom. The number of allylic oxidation sites excluding steroid dienone is 2. The van der Waals surface area contributed by atoms with Gasteiger partial charge in [0.15, 0.2) is 0 Å². The van der Waals surface area contributed by atoms with E-state index in [1.165, 1.54) is 88.8 Å². The molecule has 0 saturated heterocycles. The minimum Gasteiger partial charge on any atom is -0.388 e. The molecule has 1 aromatic carbocycles. The summed E-state index contributed by atoms with van der Waals surface area (Å²) in [4.78, 5) is 9.54. The normalized spacial score (nSPS) is 25.7. The smallest absolute Gasteiger partial charge is 0.142 e. The average Bonchev–Trinajstić information content (AvgIpc) is 2.80. The Balaban J connectivity index is 0.000000501. The second-order valence-electron chi connectivity index (χ2n) is 10.1. The van der Waals surface area contributed by atoms with Gasteiger partial charge in [0, 0.05) is 12.7 Å². The van der Waals surface area contributed by atoms with Gasteiger partial charge in [-0.15, -0.1) is 0 Å². The molecule has 0 heterocycles. The second-order valence-corrected chi connectivity index (χ2v) is 10.1. The Bertz CT molecular complexity index is 627. The number of rotatable bonds is 8. The number of carbonyl (C=O) groups excluding carboxylic acids is 1. The number of hydrogen-bond acceptors (Lipinski definition) is 2. The van der Waals surface area contributed by atoms with Crippen molar-refractivity contribution < 1.29 is 4.79 Å². The third-order valence-electron chi connectivity index (χ3n) is 7.62. The first-order valence-electron chi connectivity index (χ1n) is 12.9. The fraction of sp³-hybridized carbons (Fsp3) is 0.690. The average molecular weight is 426 g/mol. The molecule has 174 valence electrons.